The lowest BCUT2D eigenvalue weighted by Gasteiger charge is -2.08. The monoisotopic (exact) mass is 274 g/mol. The Morgan fingerprint density at radius 3 is 2.58 bits per heavy atom. The lowest BCUT2D eigenvalue weighted by molar-refractivity contribution is 0.0988. The van der Waals surface area contributed by atoms with Crippen molar-refractivity contribution in [3.05, 3.63) is 58.6 Å². The van der Waals surface area contributed by atoms with Gasteiger partial charge in [-0.25, -0.2) is 0 Å². The Morgan fingerprint density at radius 2 is 1.89 bits per heavy atom. The molecule has 19 heavy (non-hydrogen) atoms. The molecule has 2 aromatic rings. The first kappa shape index (κ1) is 13.6. The zero-order valence-electron chi connectivity index (χ0n) is 10.9. The minimum atomic E-state index is 0.109. The van der Waals surface area contributed by atoms with Crippen molar-refractivity contribution in [2.24, 2.45) is 0 Å². The molecule has 0 unspecified atom stereocenters. The summed E-state index contributed by atoms with van der Waals surface area (Å²) in [7, 11) is 0. The second-order valence-corrected chi connectivity index (χ2v) is 4.72. The minimum absolute atomic E-state index is 0.109. The molecule has 2 nitrogen and oxygen atoms in total. The molecule has 98 valence electrons. The molecule has 2 aromatic carbocycles. The van der Waals surface area contributed by atoms with Crippen molar-refractivity contribution in [1.29, 1.82) is 0 Å². The predicted octanol–water partition coefficient (Wildman–Crippen LogP) is 5.03. The Morgan fingerprint density at radius 1 is 1.16 bits per heavy atom. The van der Waals surface area contributed by atoms with Crippen molar-refractivity contribution in [2.75, 3.05) is 0 Å². The van der Waals surface area contributed by atoms with Crippen LogP contribution in [0.1, 0.15) is 29.3 Å². The third-order valence-corrected chi connectivity index (χ3v) is 3.27. The number of ether oxygens (including phenoxy) is 1. The number of hydrogen-bond donors (Lipinski definition) is 0. The van der Waals surface area contributed by atoms with Crippen LogP contribution in [0.4, 0.5) is 0 Å². The summed E-state index contributed by atoms with van der Waals surface area (Å²) in [5.74, 6) is 1.47. The Labute approximate surface area is 118 Å². The molecule has 2 rings (SSSR count). The van der Waals surface area contributed by atoms with E-state index in [2.05, 4.69) is 0 Å². The van der Waals surface area contributed by atoms with Crippen LogP contribution in [0.5, 0.6) is 11.5 Å². The van der Waals surface area contributed by atoms with Crippen molar-refractivity contribution in [2.45, 2.75) is 20.3 Å². The van der Waals surface area contributed by atoms with E-state index in [1.165, 1.54) is 0 Å². The summed E-state index contributed by atoms with van der Waals surface area (Å²) < 4.78 is 5.74. The number of rotatable bonds is 4. The van der Waals surface area contributed by atoms with Gasteiger partial charge in [-0.2, -0.15) is 0 Å². The van der Waals surface area contributed by atoms with E-state index in [0.29, 0.717) is 28.5 Å². The van der Waals surface area contributed by atoms with Gasteiger partial charge >= 0.3 is 0 Å². The molecule has 0 atom stereocenters. The van der Waals surface area contributed by atoms with E-state index in [0.717, 1.165) is 5.56 Å². The Balaban J connectivity index is 2.23. The number of ketones is 1. The van der Waals surface area contributed by atoms with E-state index in [-0.39, 0.29) is 5.78 Å². The quantitative estimate of drug-likeness (QED) is 0.731. The zero-order valence-corrected chi connectivity index (χ0v) is 11.7. The van der Waals surface area contributed by atoms with Crippen LogP contribution >= 0.6 is 11.6 Å². The molecule has 0 aliphatic rings. The van der Waals surface area contributed by atoms with E-state index in [4.69, 9.17) is 16.3 Å². The summed E-state index contributed by atoms with van der Waals surface area (Å²) >= 11 is 5.97. The van der Waals surface area contributed by atoms with Gasteiger partial charge in [0, 0.05) is 17.0 Å². The van der Waals surface area contributed by atoms with Crippen LogP contribution in [-0.2, 0) is 0 Å². The molecule has 0 aromatic heterocycles. The first-order valence-corrected chi connectivity index (χ1v) is 6.55. The topological polar surface area (TPSA) is 26.3 Å². The van der Waals surface area contributed by atoms with Gasteiger partial charge in [0.2, 0.25) is 0 Å². The number of halogens is 1. The number of carbonyl (C=O) groups excluding carboxylic acids is 1. The van der Waals surface area contributed by atoms with Gasteiger partial charge in [-0.15, -0.1) is 0 Å². The number of benzene rings is 2. The maximum Gasteiger partial charge on any atom is 0.162 e. The van der Waals surface area contributed by atoms with Gasteiger partial charge in [0.05, 0.1) is 0 Å². The largest absolute Gasteiger partial charge is 0.457 e. The molecule has 0 aliphatic carbocycles. The van der Waals surface area contributed by atoms with E-state index < -0.39 is 0 Å². The van der Waals surface area contributed by atoms with Gasteiger partial charge in [-0.05, 0) is 42.8 Å². The second kappa shape index (κ2) is 5.89. The van der Waals surface area contributed by atoms with Gasteiger partial charge in [0.25, 0.3) is 0 Å². The summed E-state index contributed by atoms with van der Waals surface area (Å²) in [5, 5.41) is 0.710. The number of Topliss-reactive ketones (excluding diaryl/α,β-unsaturated/α-hetero) is 1. The van der Waals surface area contributed by atoms with Crippen LogP contribution in [0.2, 0.25) is 5.02 Å². The SMILES string of the molecule is CCC(=O)c1cccc(Oc2ccc(Cl)c(C)c2)c1. The highest BCUT2D eigenvalue weighted by molar-refractivity contribution is 6.31. The van der Waals surface area contributed by atoms with Crippen molar-refractivity contribution >= 4 is 17.4 Å². The number of aryl methyl sites for hydroxylation is 1. The van der Waals surface area contributed by atoms with Crippen LogP contribution in [0, 0.1) is 6.92 Å². The molecular weight excluding hydrogens is 260 g/mol. The van der Waals surface area contributed by atoms with Crippen molar-refractivity contribution in [1.82, 2.24) is 0 Å². The van der Waals surface area contributed by atoms with Crippen molar-refractivity contribution < 1.29 is 9.53 Å². The molecular formula is C16H15ClO2. The lowest BCUT2D eigenvalue weighted by Crippen LogP contribution is -1.96. The molecule has 0 fully saturated rings. The maximum atomic E-state index is 11.6. The van der Waals surface area contributed by atoms with E-state index >= 15 is 0 Å². The van der Waals surface area contributed by atoms with Gasteiger partial charge in [-0.1, -0.05) is 30.7 Å². The van der Waals surface area contributed by atoms with Crippen LogP contribution in [0.3, 0.4) is 0 Å². The number of carbonyl (C=O) groups is 1. The molecule has 3 heteroatoms. The fourth-order valence-corrected chi connectivity index (χ4v) is 1.87. The molecule has 0 N–H and O–H groups in total. The first-order chi connectivity index (χ1) is 9.10. The molecule has 0 amide bonds. The fraction of sp³-hybridized carbons (Fsp3) is 0.188. The summed E-state index contributed by atoms with van der Waals surface area (Å²) in [6.45, 7) is 3.77. The van der Waals surface area contributed by atoms with Crippen molar-refractivity contribution in [3.8, 4) is 11.5 Å². The van der Waals surface area contributed by atoms with Crippen LogP contribution in [0.15, 0.2) is 42.5 Å². The van der Waals surface area contributed by atoms with Crippen LogP contribution in [-0.4, -0.2) is 5.78 Å². The smallest absolute Gasteiger partial charge is 0.162 e. The Kier molecular flexibility index (Phi) is 4.23. The Bertz CT molecular complexity index is 605. The van der Waals surface area contributed by atoms with Crippen molar-refractivity contribution in [3.63, 3.8) is 0 Å². The third kappa shape index (κ3) is 3.36. The van der Waals surface area contributed by atoms with Gasteiger partial charge in [-0.3, -0.25) is 4.79 Å². The molecule has 0 saturated heterocycles. The summed E-state index contributed by atoms with van der Waals surface area (Å²) in [5.41, 5.74) is 1.63. The number of hydrogen-bond acceptors (Lipinski definition) is 2. The van der Waals surface area contributed by atoms with Crippen LogP contribution in [0.25, 0.3) is 0 Å². The average Bonchev–Trinajstić information content (AvgIpc) is 2.42. The summed E-state index contributed by atoms with van der Waals surface area (Å²) in [4.78, 5) is 11.6. The van der Waals surface area contributed by atoms with Crippen LogP contribution < -0.4 is 4.74 Å². The molecule has 0 radical (unpaired) electrons. The molecule has 0 saturated carbocycles. The maximum absolute atomic E-state index is 11.6. The first-order valence-electron chi connectivity index (χ1n) is 6.17. The summed E-state index contributed by atoms with van der Waals surface area (Å²) in [6.07, 6.45) is 0.490. The zero-order chi connectivity index (χ0) is 13.8. The van der Waals surface area contributed by atoms with E-state index in [9.17, 15) is 4.79 Å². The van der Waals surface area contributed by atoms with E-state index in [1.54, 1.807) is 18.2 Å². The standard InChI is InChI=1S/C16H15ClO2/c1-3-16(18)12-5-4-6-13(10-12)19-14-7-8-15(17)11(2)9-14/h4-10H,3H2,1-2H3. The Hall–Kier alpha value is -1.80. The molecule has 0 bridgehead atoms. The average molecular weight is 275 g/mol. The third-order valence-electron chi connectivity index (χ3n) is 2.84. The predicted molar refractivity (Wildman–Crippen MR) is 77.3 cm³/mol. The van der Waals surface area contributed by atoms with Gasteiger partial charge in [0.15, 0.2) is 5.78 Å². The highest BCUT2D eigenvalue weighted by atomic mass is 35.5. The highest BCUT2D eigenvalue weighted by Gasteiger charge is 2.05. The second-order valence-electron chi connectivity index (χ2n) is 4.32. The molecule has 0 aliphatic heterocycles. The molecule has 0 heterocycles. The lowest BCUT2D eigenvalue weighted by atomic mass is 10.1. The van der Waals surface area contributed by atoms with Gasteiger partial charge < -0.3 is 4.74 Å². The highest BCUT2D eigenvalue weighted by Crippen LogP contribution is 2.26. The summed E-state index contributed by atoms with van der Waals surface area (Å²) in [6, 6.07) is 12.7. The minimum Gasteiger partial charge on any atom is -0.457 e. The normalized spacial score (nSPS) is 10.3. The fourth-order valence-electron chi connectivity index (χ4n) is 1.75. The van der Waals surface area contributed by atoms with E-state index in [1.807, 2.05) is 38.1 Å². The molecule has 0 spiro atoms. The van der Waals surface area contributed by atoms with Gasteiger partial charge in [0.1, 0.15) is 11.5 Å².